The van der Waals surface area contributed by atoms with Crippen molar-refractivity contribution in [3.05, 3.63) is 48.5 Å². The smallest absolute Gasteiger partial charge is 0.238 e. The minimum atomic E-state index is -0.927. The van der Waals surface area contributed by atoms with E-state index in [1.165, 1.54) is 0 Å². The first-order chi connectivity index (χ1) is 14.1. The van der Waals surface area contributed by atoms with Crippen LogP contribution in [0.25, 0.3) is 22.4 Å². The molecule has 1 aliphatic carbocycles. The quantitative estimate of drug-likeness (QED) is 0.669. The monoisotopic (exact) mass is 389 g/mol. The van der Waals surface area contributed by atoms with Gasteiger partial charge in [0.15, 0.2) is 0 Å². The second-order valence-corrected chi connectivity index (χ2v) is 7.88. The fourth-order valence-corrected chi connectivity index (χ4v) is 4.10. The van der Waals surface area contributed by atoms with E-state index in [4.69, 9.17) is 5.73 Å². The third-order valence-electron chi connectivity index (χ3n) is 6.07. The molecule has 2 aromatic carbocycles. The summed E-state index contributed by atoms with van der Waals surface area (Å²) < 4.78 is 0. The predicted octanol–water partition coefficient (Wildman–Crippen LogP) is 2.14. The standard InChI is InChI=1S/C22H23N5O2/c23-20(28)22(8-9-22)21(29)27-12-10-26(11-13-27)16-5-3-4-15(14-16)19-24-17-6-1-2-7-18(17)25-19/h1-7,14H,8-13H2,(H2,23,28)(H,24,25). The van der Waals surface area contributed by atoms with E-state index in [1.807, 2.05) is 36.4 Å². The zero-order valence-electron chi connectivity index (χ0n) is 16.1. The van der Waals surface area contributed by atoms with E-state index in [2.05, 4.69) is 27.0 Å². The van der Waals surface area contributed by atoms with Gasteiger partial charge in [0.05, 0.1) is 11.0 Å². The summed E-state index contributed by atoms with van der Waals surface area (Å²) in [7, 11) is 0. The molecule has 148 valence electrons. The number of carbonyl (C=O) groups excluding carboxylic acids is 2. The van der Waals surface area contributed by atoms with Gasteiger partial charge < -0.3 is 20.5 Å². The molecule has 1 aliphatic heterocycles. The van der Waals surface area contributed by atoms with Crippen molar-refractivity contribution >= 4 is 28.5 Å². The van der Waals surface area contributed by atoms with Gasteiger partial charge in [-0.15, -0.1) is 0 Å². The van der Waals surface area contributed by atoms with Crippen LogP contribution in [0.1, 0.15) is 12.8 Å². The lowest BCUT2D eigenvalue weighted by Crippen LogP contribution is -2.52. The van der Waals surface area contributed by atoms with Crippen LogP contribution >= 0.6 is 0 Å². The number of para-hydroxylation sites is 2. The summed E-state index contributed by atoms with van der Waals surface area (Å²) in [6.07, 6.45) is 1.17. The lowest BCUT2D eigenvalue weighted by atomic mass is 10.0. The number of nitrogens with two attached hydrogens (primary N) is 1. The van der Waals surface area contributed by atoms with E-state index in [0.717, 1.165) is 41.2 Å². The van der Waals surface area contributed by atoms with E-state index < -0.39 is 11.3 Å². The van der Waals surface area contributed by atoms with Crippen LogP contribution in [-0.2, 0) is 9.59 Å². The number of primary amides is 1. The van der Waals surface area contributed by atoms with Crippen molar-refractivity contribution < 1.29 is 9.59 Å². The number of amides is 2. The van der Waals surface area contributed by atoms with Gasteiger partial charge in [0.1, 0.15) is 11.2 Å². The van der Waals surface area contributed by atoms with Crippen LogP contribution in [0.4, 0.5) is 5.69 Å². The number of benzene rings is 2. The molecule has 0 bridgehead atoms. The van der Waals surface area contributed by atoms with Crippen LogP contribution in [0, 0.1) is 5.41 Å². The van der Waals surface area contributed by atoms with Crippen LogP contribution in [-0.4, -0.2) is 52.9 Å². The van der Waals surface area contributed by atoms with Gasteiger partial charge in [-0.05, 0) is 37.1 Å². The molecule has 2 aliphatic rings. The van der Waals surface area contributed by atoms with Crippen LogP contribution in [0.2, 0.25) is 0 Å². The molecule has 0 atom stereocenters. The number of anilines is 1. The molecule has 5 rings (SSSR count). The van der Waals surface area contributed by atoms with E-state index >= 15 is 0 Å². The molecule has 2 heterocycles. The molecular weight excluding hydrogens is 366 g/mol. The number of nitrogens with one attached hydrogen (secondary N) is 1. The zero-order valence-corrected chi connectivity index (χ0v) is 16.1. The Morgan fingerprint density at radius 2 is 1.76 bits per heavy atom. The number of H-pyrrole nitrogens is 1. The first-order valence-electron chi connectivity index (χ1n) is 9.96. The van der Waals surface area contributed by atoms with E-state index in [-0.39, 0.29) is 5.91 Å². The molecule has 0 spiro atoms. The highest BCUT2D eigenvalue weighted by Crippen LogP contribution is 2.47. The molecule has 3 aromatic rings. The average Bonchev–Trinajstić information content (AvgIpc) is 3.46. The lowest BCUT2D eigenvalue weighted by Gasteiger charge is -2.37. The maximum absolute atomic E-state index is 12.7. The van der Waals surface area contributed by atoms with Gasteiger partial charge in [-0.3, -0.25) is 9.59 Å². The third-order valence-corrected chi connectivity index (χ3v) is 6.07. The van der Waals surface area contributed by atoms with Gasteiger partial charge in [0.2, 0.25) is 11.8 Å². The van der Waals surface area contributed by atoms with Crippen molar-refractivity contribution in [3.63, 3.8) is 0 Å². The topological polar surface area (TPSA) is 95.3 Å². The maximum atomic E-state index is 12.7. The van der Waals surface area contributed by atoms with Crippen molar-refractivity contribution in [2.75, 3.05) is 31.1 Å². The van der Waals surface area contributed by atoms with Crippen molar-refractivity contribution in [3.8, 4) is 11.4 Å². The summed E-state index contributed by atoms with van der Waals surface area (Å²) in [5.41, 5.74) is 8.62. The third kappa shape index (κ3) is 3.03. The Kier molecular flexibility index (Phi) is 4.04. The molecule has 29 heavy (non-hydrogen) atoms. The number of hydrogen-bond donors (Lipinski definition) is 2. The fraction of sp³-hybridized carbons (Fsp3) is 0.318. The molecule has 7 heteroatoms. The van der Waals surface area contributed by atoms with Crippen LogP contribution in [0.3, 0.4) is 0 Å². The number of carbonyl (C=O) groups is 2. The van der Waals surface area contributed by atoms with E-state index in [0.29, 0.717) is 25.9 Å². The first-order valence-corrected chi connectivity index (χ1v) is 9.96. The molecule has 0 unspecified atom stereocenters. The molecule has 1 saturated carbocycles. The number of rotatable bonds is 4. The van der Waals surface area contributed by atoms with Crippen LogP contribution < -0.4 is 10.6 Å². The largest absolute Gasteiger partial charge is 0.369 e. The van der Waals surface area contributed by atoms with Gasteiger partial charge in [-0.2, -0.15) is 0 Å². The number of piperazine rings is 1. The predicted molar refractivity (Wildman–Crippen MR) is 111 cm³/mol. The van der Waals surface area contributed by atoms with Gasteiger partial charge >= 0.3 is 0 Å². The molecule has 3 N–H and O–H groups in total. The lowest BCUT2D eigenvalue weighted by molar-refractivity contribution is -0.143. The van der Waals surface area contributed by atoms with Crippen molar-refractivity contribution in [1.82, 2.24) is 14.9 Å². The normalized spacial score (nSPS) is 18.1. The molecule has 2 fully saturated rings. The summed E-state index contributed by atoms with van der Waals surface area (Å²) in [5, 5.41) is 0. The second-order valence-electron chi connectivity index (χ2n) is 7.88. The fourth-order valence-electron chi connectivity index (χ4n) is 4.10. The number of aromatic amines is 1. The minimum absolute atomic E-state index is 0.0966. The van der Waals surface area contributed by atoms with Crippen molar-refractivity contribution in [2.24, 2.45) is 11.1 Å². The number of hydrogen-bond acceptors (Lipinski definition) is 4. The molecule has 1 aromatic heterocycles. The zero-order chi connectivity index (χ0) is 20.0. The highest BCUT2D eigenvalue weighted by Gasteiger charge is 2.57. The SMILES string of the molecule is NC(=O)C1(C(=O)N2CCN(c3cccc(-c4nc5ccccc5[nH]4)c3)CC2)CC1. The molecule has 7 nitrogen and oxygen atoms in total. The number of nitrogens with zero attached hydrogens (tertiary/aromatic N) is 3. The Bertz CT molecular complexity index is 1060. The summed E-state index contributed by atoms with van der Waals surface area (Å²) in [4.78, 5) is 36.4. The van der Waals surface area contributed by atoms with Crippen LogP contribution in [0.5, 0.6) is 0 Å². The van der Waals surface area contributed by atoms with Gasteiger partial charge in [-0.1, -0.05) is 24.3 Å². The van der Waals surface area contributed by atoms with E-state index in [9.17, 15) is 9.59 Å². The van der Waals surface area contributed by atoms with Crippen molar-refractivity contribution in [1.29, 1.82) is 0 Å². The van der Waals surface area contributed by atoms with Gasteiger partial charge in [0.25, 0.3) is 0 Å². The molecule has 2 amide bonds. The first kappa shape index (κ1) is 17.7. The summed E-state index contributed by atoms with van der Waals surface area (Å²) in [6.45, 7) is 2.65. The Morgan fingerprint density at radius 1 is 1.00 bits per heavy atom. The molecule has 0 radical (unpaired) electrons. The Balaban J connectivity index is 1.31. The van der Waals surface area contributed by atoms with E-state index in [1.54, 1.807) is 4.90 Å². The molecular formula is C22H23N5O2. The van der Waals surface area contributed by atoms with Gasteiger partial charge in [-0.25, -0.2) is 4.98 Å². The highest BCUT2D eigenvalue weighted by molar-refractivity contribution is 6.07. The van der Waals surface area contributed by atoms with Crippen molar-refractivity contribution in [2.45, 2.75) is 12.8 Å². The Hall–Kier alpha value is -3.35. The van der Waals surface area contributed by atoms with Gasteiger partial charge in [0, 0.05) is 37.4 Å². The maximum Gasteiger partial charge on any atom is 0.238 e. The number of imidazole rings is 1. The summed E-state index contributed by atoms with van der Waals surface area (Å²) >= 11 is 0. The number of aromatic nitrogens is 2. The highest BCUT2D eigenvalue weighted by atomic mass is 16.2. The second kappa shape index (κ2) is 6.62. The summed E-state index contributed by atoms with van der Waals surface area (Å²) in [5.74, 6) is 0.267. The minimum Gasteiger partial charge on any atom is -0.369 e. The summed E-state index contributed by atoms with van der Waals surface area (Å²) in [6, 6.07) is 16.3. The Morgan fingerprint density at radius 3 is 2.45 bits per heavy atom. The molecule has 1 saturated heterocycles. The Labute approximate surface area is 168 Å². The van der Waals surface area contributed by atoms with Crippen LogP contribution in [0.15, 0.2) is 48.5 Å². The number of fused-ring (bicyclic) bond motifs is 1. The average molecular weight is 389 g/mol.